The summed E-state index contributed by atoms with van der Waals surface area (Å²) in [6.45, 7) is 0.719. The van der Waals surface area contributed by atoms with E-state index < -0.39 is 0 Å². The van der Waals surface area contributed by atoms with Gasteiger partial charge in [0, 0.05) is 10.6 Å². The second-order valence-electron chi connectivity index (χ2n) is 2.89. The lowest BCUT2D eigenvalue weighted by Crippen LogP contribution is -1.99. The van der Waals surface area contributed by atoms with E-state index in [1.165, 1.54) is 0 Å². The lowest BCUT2D eigenvalue weighted by molar-refractivity contribution is 0.414. The van der Waals surface area contributed by atoms with Gasteiger partial charge in [0.25, 0.3) is 0 Å². The Hall–Kier alpha value is -0.870. The summed E-state index contributed by atoms with van der Waals surface area (Å²) in [6, 6.07) is 5.68. The first-order valence-corrected chi connectivity index (χ1v) is 5.53. The largest absolute Gasteiger partial charge is 0.497 e. The highest BCUT2D eigenvalue weighted by Crippen LogP contribution is 2.29. The molecule has 0 atom stereocenters. The molecule has 0 aliphatic carbocycles. The van der Waals surface area contributed by atoms with Gasteiger partial charge in [0.05, 0.1) is 7.11 Å². The van der Waals surface area contributed by atoms with Crippen LogP contribution in [0.3, 0.4) is 0 Å². The third-order valence-corrected chi connectivity index (χ3v) is 2.98. The summed E-state index contributed by atoms with van der Waals surface area (Å²) in [4.78, 5) is 1.07. The summed E-state index contributed by atoms with van der Waals surface area (Å²) >= 11 is 1.72. The molecule has 1 aromatic carbocycles. The standard InChI is InChI=1S/C10H16N2OS/c1-13-8-3-4-9(12)10(7-8)14-6-2-5-11/h3-4,7H,2,5-6,11-12H2,1H3. The average molecular weight is 212 g/mol. The number of benzene rings is 1. The van der Waals surface area contributed by atoms with Gasteiger partial charge < -0.3 is 16.2 Å². The van der Waals surface area contributed by atoms with Crippen LogP contribution in [-0.4, -0.2) is 19.4 Å². The zero-order valence-corrected chi connectivity index (χ0v) is 9.14. The van der Waals surface area contributed by atoms with Gasteiger partial charge in [-0.1, -0.05) is 0 Å². The zero-order chi connectivity index (χ0) is 10.4. The maximum absolute atomic E-state index is 5.82. The highest BCUT2D eigenvalue weighted by Gasteiger charge is 2.01. The first-order chi connectivity index (χ1) is 6.77. The molecule has 0 saturated heterocycles. The maximum Gasteiger partial charge on any atom is 0.120 e. The second-order valence-corrected chi connectivity index (χ2v) is 4.03. The first-order valence-electron chi connectivity index (χ1n) is 4.54. The van der Waals surface area contributed by atoms with E-state index in [2.05, 4.69) is 0 Å². The number of methoxy groups -OCH3 is 1. The van der Waals surface area contributed by atoms with Gasteiger partial charge in [-0.05, 0) is 36.9 Å². The lowest BCUT2D eigenvalue weighted by atomic mass is 10.3. The normalized spacial score (nSPS) is 10.1. The molecule has 0 fully saturated rings. The van der Waals surface area contributed by atoms with Crippen molar-refractivity contribution in [2.45, 2.75) is 11.3 Å². The van der Waals surface area contributed by atoms with Gasteiger partial charge in [0.2, 0.25) is 0 Å². The number of hydrogen-bond acceptors (Lipinski definition) is 4. The summed E-state index contributed by atoms with van der Waals surface area (Å²) in [5.74, 6) is 1.84. The number of ether oxygens (including phenoxy) is 1. The number of nitrogen functional groups attached to an aromatic ring is 1. The highest BCUT2D eigenvalue weighted by molar-refractivity contribution is 7.99. The number of rotatable bonds is 5. The van der Waals surface area contributed by atoms with Gasteiger partial charge in [-0.2, -0.15) is 0 Å². The Morgan fingerprint density at radius 3 is 2.86 bits per heavy atom. The van der Waals surface area contributed by atoms with Crippen LogP contribution in [-0.2, 0) is 0 Å². The molecular weight excluding hydrogens is 196 g/mol. The van der Waals surface area contributed by atoms with Crippen molar-refractivity contribution in [3.8, 4) is 5.75 Å². The van der Waals surface area contributed by atoms with Crippen LogP contribution in [0.15, 0.2) is 23.1 Å². The highest BCUT2D eigenvalue weighted by atomic mass is 32.2. The summed E-state index contributed by atoms with van der Waals surface area (Å²) < 4.78 is 5.12. The third-order valence-electron chi connectivity index (χ3n) is 1.83. The molecule has 1 rings (SSSR count). The van der Waals surface area contributed by atoms with Crippen molar-refractivity contribution in [2.75, 3.05) is 25.1 Å². The fourth-order valence-corrected chi connectivity index (χ4v) is 2.00. The molecule has 14 heavy (non-hydrogen) atoms. The molecule has 0 unspecified atom stereocenters. The molecule has 0 saturated carbocycles. The second kappa shape index (κ2) is 5.78. The van der Waals surface area contributed by atoms with E-state index in [0.717, 1.165) is 35.1 Å². The summed E-state index contributed by atoms with van der Waals surface area (Å²) in [5, 5.41) is 0. The molecule has 3 nitrogen and oxygen atoms in total. The molecule has 1 aromatic rings. The topological polar surface area (TPSA) is 61.3 Å². The molecule has 0 aliphatic rings. The molecular formula is C10H16N2OS. The van der Waals surface area contributed by atoms with Crippen molar-refractivity contribution in [1.29, 1.82) is 0 Å². The molecule has 0 bridgehead atoms. The molecule has 4 heteroatoms. The molecule has 0 heterocycles. The van der Waals surface area contributed by atoms with E-state index in [0.29, 0.717) is 0 Å². The Bertz CT molecular complexity index is 291. The summed E-state index contributed by atoms with van der Waals surface area (Å²) in [6.07, 6.45) is 1.00. The quantitative estimate of drug-likeness (QED) is 0.443. The Morgan fingerprint density at radius 1 is 1.43 bits per heavy atom. The van der Waals surface area contributed by atoms with Crippen molar-refractivity contribution < 1.29 is 4.74 Å². The fourth-order valence-electron chi connectivity index (χ4n) is 1.03. The molecule has 78 valence electrons. The van der Waals surface area contributed by atoms with E-state index in [1.807, 2.05) is 18.2 Å². The van der Waals surface area contributed by atoms with Gasteiger partial charge in [-0.25, -0.2) is 0 Å². The van der Waals surface area contributed by atoms with E-state index in [9.17, 15) is 0 Å². The summed E-state index contributed by atoms with van der Waals surface area (Å²) in [7, 11) is 1.65. The Balaban J connectivity index is 2.64. The molecule has 0 spiro atoms. The van der Waals surface area contributed by atoms with E-state index in [1.54, 1.807) is 18.9 Å². The number of thioether (sulfide) groups is 1. The van der Waals surface area contributed by atoms with Crippen molar-refractivity contribution in [3.05, 3.63) is 18.2 Å². The third kappa shape index (κ3) is 3.12. The van der Waals surface area contributed by atoms with Crippen LogP contribution in [0.25, 0.3) is 0 Å². The summed E-state index contributed by atoms with van der Waals surface area (Å²) in [5.41, 5.74) is 12.0. The van der Waals surface area contributed by atoms with Crippen molar-refractivity contribution in [1.82, 2.24) is 0 Å². The number of anilines is 1. The molecule has 0 radical (unpaired) electrons. The molecule has 0 aromatic heterocycles. The predicted octanol–water partition coefficient (Wildman–Crippen LogP) is 1.72. The molecule has 0 amide bonds. The zero-order valence-electron chi connectivity index (χ0n) is 8.32. The Morgan fingerprint density at radius 2 is 2.21 bits per heavy atom. The first kappa shape index (κ1) is 11.2. The van der Waals surface area contributed by atoms with Crippen LogP contribution in [0.4, 0.5) is 5.69 Å². The van der Waals surface area contributed by atoms with Gasteiger partial charge in [0.1, 0.15) is 5.75 Å². The van der Waals surface area contributed by atoms with Crippen LogP contribution in [0.5, 0.6) is 5.75 Å². The fraction of sp³-hybridized carbons (Fsp3) is 0.400. The van der Waals surface area contributed by atoms with Crippen molar-refractivity contribution in [2.24, 2.45) is 5.73 Å². The maximum atomic E-state index is 5.82. The Labute approximate surface area is 88.8 Å². The smallest absolute Gasteiger partial charge is 0.120 e. The number of nitrogens with two attached hydrogens (primary N) is 2. The van der Waals surface area contributed by atoms with E-state index in [4.69, 9.17) is 16.2 Å². The van der Waals surface area contributed by atoms with Crippen LogP contribution in [0, 0.1) is 0 Å². The van der Waals surface area contributed by atoms with Crippen LogP contribution in [0.2, 0.25) is 0 Å². The molecule has 0 aliphatic heterocycles. The minimum atomic E-state index is 0.719. The molecule has 4 N–H and O–H groups in total. The van der Waals surface area contributed by atoms with Gasteiger partial charge in [0.15, 0.2) is 0 Å². The average Bonchev–Trinajstić information content (AvgIpc) is 2.21. The van der Waals surface area contributed by atoms with Crippen molar-refractivity contribution in [3.63, 3.8) is 0 Å². The van der Waals surface area contributed by atoms with Gasteiger partial charge in [-0.3, -0.25) is 0 Å². The van der Waals surface area contributed by atoms with Crippen molar-refractivity contribution >= 4 is 17.4 Å². The monoisotopic (exact) mass is 212 g/mol. The predicted molar refractivity (Wildman–Crippen MR) is 61.8 cm³/mol. The van der Waals surface area contributed by atoms with Crippen LogP contribution < -0.4 is 16.2 Å². The van der Waals surface area contributed by atoms with E-state index >= 15 is 0 Å². The van der Waals surface area contributed by atoms with Crippen LogP contribution in [0.1, 0.15) is 6.42 Å². The van der Waals surface area contributed by atoms with Gasteiger partial charge in [-0.15, -0.1) is 11.8 Å². The number of hydrogen-bond donors (Lipinski definition) is 2. The van der Waals surface area contributed by atoms with E-state index in [-0.39, 0.29) is 0 Å². The van der Waals surface area contributed by atoms with Gasteiger partial charge >= 0.3 is 0 Å². The SMILES string of the molecule is COc1ccc(N)c(SCCCN)c1. The Kier molecular flexibility index (Phi) is 4.62. The lowest BCUT2D eigenvalue weighted by Gasteiger charge is -2.07. The minimum absolute atomic E-state index is 0.719. The van der Waals surface area contributed by atoms with Crippen LogP contribution >= 0.6 is 11.8 Å². The minimum Gasteiger partial charge on any atom is -0.497 e.